The van der Waals surface area contributed by atoms with Gasteiger partial charge in [-0.3, -0.25) is 9.78 Å². The molecule has 4 rings (SSSR count). The minimum absolute atomic E-state index is 0.212. The molecular formula is C23H22N2O. The fourth-order valence-corrected chi connectivity index (χ4v) is 3.65. The number of anilines is 1. The Bertz CT molecular complexity index is 934. The number of aromatic nitrogens is 1. The fourth-order valence-electron chi connectivity index (χ4n) is 3.65. The zero-order valence-corrected chi connectivity index (χ0v) is 15.0. The Labute approximate surface area is 154 Å². The van der Waals surface area contributed by atoms with Crippen molar-refractivity contribution in [1.82, 2.24) is 4.98 Å². The first kappa shape index (κ1) is 16.5. The van der Waals surface area contributed by atoms with Gasteiger partial charge >= 0.3 is 0 Å². The third kappa shape index (κ3) is 3.25. The van der Waals surface area contributed by atoms with E-state index in [4.69, 9.17) is 0 Å². The van der Waals surface area contributed by atoms with Gasteiger partial charge in [-0.2, -0.15) is 0 Å². The summed E-state index contributed by atoms with van der Waals surface area (Å²) >= 11 is 0. The number of hydrogen-bond donors (Lipinski definition) is 0. The zero-order chi connectivity index (χ0) is 17.9. The number of aryl methyl sites for hydroxylation is 2. The van der Waals surface area contributed by atoms with Gasteiger partial charge < -0.3 is 4.90 Å². The number of carbonyl (C=O) groups excluding carboxylic acids is 1. The number of carbonyl (C=O) groups is 1. The highest BCUT2D eigenvalue weighted by molar-refractivity contribution is 5.96. The largest absolute Gasteiger partial charge is 0.312 e. The first-order valence-corrected chi connectivity index (χ1v) is 9.10. The molecule has 130 valence electrons. The third-order valence-corrected chi connectivity index (χ3v) is 5.16. The number of rotatable bonds is 4. The van der Waals surface area contributed by atoms with Crippen LogP contribution in [0.4, 0.5) is 5.69 Å². The Morgan fingerprint density at radius 1 is 1.04 bits per heavy atom. The van der Waals surface area contributed by atoms with Crippen LogP contribution in [0.1, 0.15) is 23.1 Å². The number of nitrogens with zero attached hydrogens (tertiary/aromatic N) is 2. The first-order chi connectivity index (χ1) is 12.7. The summed E-state index contributed by atoms with van der Waals surface area (Å²) in [7, 11) is 0. The van der Waals surface area contributed by atoms with E-state index in [1.807, 2.05) is 41.6 Å². The molecule has 0 spiro atoms. The van der Waals surface area contributed by atoms with Gasteiger partial charge in [0.15, 0.2) is 0 Å². The zero-order valence-electron chi connectivity index (χ0n) is 15.0. The molecule has 3 nitrogen and oxygen atoms in total. The van der Waals surface area contributed by atoms with Crippen molar-refractivity contribution in [2.24, 2.45) is 0 Å². The van der Waals surface area contributed by atoms with Crippen molar-refractivity contribution < 1.29 is 4.79 Å². The van der Waals surface area contributed by atoms with E-state index in [2.05, 4.69) is 42.2 Å². The van der Waals surface area contributed by atoms with Crippen LogP contribution >= 0.6 is 0 Å². The van der Waals surface area contributed by atoms with Crippen LogP contribution in [0, 0.1) is 6.92 Å². The maximum Gasteiger partial charge on any atom is 0.227 e. The van der Waals surface area contributed by atoms with Crippen molar-refractivity contribution in [1.29, 1.82) is 0 Å². The Kier molecular flexibility index (Phi) is 4.53. The second kappa shape index (κ2) is 7.12. The van der Waals surface area contributed by atoms with Gasteiger partial charge in [0.1, 0.15) is 0 Å². The Hall–Kier alpha value is -2.94. The highest BCUT2D eigenvalue weighted by Gasteiger charge is 2.24. The van der Waals surface area contributed by atoms with Gasteiger partial charge in [-0.25, -0.2) is 0 Å². The predicted molar refractivity (Wildman–Crippen MR) is 105 cm³/mol. The van der Waals surface area contributed by atoms with Crippen LogP contribution in [0.2, 0.25) is 0 Å². The Morgan fingerprint density at radius 3 is 2.65 bits per heavy atom. The van der Waals surface area contributed by atoms with Gasteiger partial charge in [0.05, 0.1) is 0 Å². The van der Waals surface area contributed by atoms with E-state index in [1.165, 1.54) is 22.3 Å². The minimum atomic E-state index is 0.212. The molecule has 1 aromatic heterocycles. The van der Waals surface area contributed by atoms with E-state index >= 15 is 0 Å². The summed E-state index contributed by atoms with van der Waals surface area (Å²) in [5.41, 5.74) is 7.17. The van der Waals surface area contributed by atoms with E-state index in [-0.39, 0.29) is 5.91 Å². The predicted octanol–water partition coefficient (Wildman–Crippen LogP) is 4.58. The van der Waals surface area contributed by atoms with Crippen molar-refractivity contribution in [3.8, 4) is 11.1 Å². The van der Waals surface area contributed by atoms with E-state index in [0.717, 1.165) is 30.6 Å². The summed E-state index contributed by atoms with van der Waals surface area (Å²) in [5, 5.41) is 0. The number of amides is 1. The highest BCUT2D eigenvalue weighted by atomic mass is 16.2. The third-order valence-electron chi connectivity index (χ3n) is 5.16. The lowest BCUT2D eigenvalue weighted by Crippen LogP contribution is -2.29. The molecule has 3 aromatic rings. The number of pyridine rings is 1. The molecule has 0 N–H and O–H groups in total. The SMILES string of the molecule is Cc1ccccc1CCC(=O)N1CCc2cc(-c3ccncc3)ccc21. The molecule has 1 amide bonds. The number of hydrogen-bond acceptors (Lipinski definition) is 2. The van der Waals surface area contributed by atoms with Gasteiger partial charge in [-0.15, -0.1) is 0 Å². The second-order valence-electron chi connectivity index (χ2n) is 6.80. The van der Waals surface area contributed by atoms with Crippen LogP contribution in [0.5, 0.6) is 0 Å². The molecular weight excluding hydrogens is 320 g/mol. The molecule has 26 heavy (non-hydrogen) atoms. The Morgan fingerprint density at radius 2 is 1.85 bits per heavy atom. The van der Waals surface area contributed by atoms with E-state index in [9.17, 15) is 4.79 Å². The van der Waals surface area contributed by atoms with Crippen molar-refractivity contribution in [3.05, 3.63) is 83.7 Å². The normalized spacial score (nSPS) is 12.9. The van der Waals surface area contributed by atoms with Crippen LogP contribution in [-0.2, 0) is 17.6 Å². The average Bonchev–Trinajstić information content (AvgIpc) is 3.11. The second-order valence-corrected chi connectivity index (χ2v) is 6.80. The van der Waals surface area contributed by atoms with Crippen LogP contribution in [0.25, 0.3) is 11.1 Å². The molecule has 1 aliphatic heterocycles. The maximum absolute atomic E-state index is 12.8. The van der Waals surface area contributed by atoms with Crippen LogP contribution in [0.3, 0.4) is 0 Å². The minimum Gasteiger partial charge on any atom is -0.312 e. The lowest BCUT2D eigenvalue weighted by Gasteiger charge is -2.18. The van der Waals surface area contributed by atoms with Gasteiger partial charge in [0.25, 0.3) is 0 Å². The quantitative estimate of drug-likeness (QED) is 0.695. The number of fused-ring (bicyclic) bond motifs is 1. The molecule has 0 bridgehead atoms. The molecule has 0 saturated heterocycles. The molecule has 2 heterocycles. The standard InChI is InChI=1S/C23H22N2O/c1-17-4-2-3-5-18(17)7-9-23(26)25-15-12-21-16-20(6-8-22(21)25)19-10-13-24-14-11-19/h2-6,8,10-11,13-14,16H,7,9,12,15H2,1H3. The summed E-state index contributed by atoms with van der Waals surface area (Å²) in [6.45, 7) is 2.88. The smallest absolute Gasteiger partial charge is 0.227 e. The molecule has 1 aliphatic rings. The molecule has 3 heteroatoms. The molecule has 0 aliphatic carbocycles. The van der Waals surface area contributed by atoms with Gasteiger partial charge in [-0.1, -0.05) is 30.3 Å². The van der Waals surface area contributed by atoms with Gasteiger partial charge in [0, 0.05) is 31.0 Å². The van der Waals surface area contributed by atoms with Crippen LogP contribution < -0.4 is 4.90 Å². The lowest BCUT2D eigenvalue weighted by molar-refractivity contribution is -0.118. The van der Waals surface area contributed by atoms with E-state index < -0.39 is 0 Å². The summed E-state index contributed by atoms with van der Waals surface area (Å²) in [5.74, 6) is 0.212. The van der Waals surface area contributed by atoms with Crippen molar-refractivity contribution in [2.75, 3.05) is 11.4 Å². The van der Waals surface area contributed by atoms with Crippen molar-refractivity contribution >= 4 is 11.6 Å². The molecule has 0 atom stereocenters. The van der Waals surface area contributed by atoms with Crippen LogP contribution in [0.15, 0.2) is 67.0 Å². The monoisotopic (exact) mass is 342 g/mol. The molecule has 0 fully saturated rings. The average molecular weight is 342 g/mol. The Balaban J connectivity index is 1.49. The summed E-state index contributed by atoms with van der Waals surface area (Å²) in [6, 6.07) is 18.7. The highest BCUT2D eigenvalue weighted by Crippen LogP contribution is 2.32. The van der Waals surface area contributed by atoms with E-state index in [0.29, 0.717) is 6.42 Å². The van der Waals surface area contributed by atoms with Crippen LogP contribution in [-0.4, -0.2) is 17.4 Å². The first-order valence-electron chi connectivity index (χ1n) is 9.10. The topological polar surface area (TPSA) is 33.2 Å². The lowest BCUT2D eigenvalue weighted by atomic mass is 10.0. The summed E-state index contributed by atoms with van der Waals surface area (Å²) < 4.78 is 0. The van der Waals surface area contributed by atoms with Gasteiger partial charge in [0.2, 0.25) is 5.91 Å². The summed E-state index contributed by atoms with van der Waals surface area (Å²) in [4.78, 5) is 18.8. The molecule has 0 saturated carbocycles. The molecule has 0 radical (unpaired) electrons. The number of benzene rings is 2. The van der Waals surface area contributed by atoms with E-state index in [1.54, 1.807) is 0 Å². The van der Waals surface area contributed by atoms with Crippen molar-refractivity contribution in [2.45, 2.75) is 26.2 Å². The van der Waals surface area contributed by atoms with Crippen molar-refractivity contribution in [3.63, 3.8) is 0 Å². The molecule has 0 unspecified atom stereocenters. The van der Waals surface area contributed by atoms with Gasteiger partial charge in [-0.05, 0) is 71.8 Å². The maximum atomic E-state index is 12.8. The molecule has 2 aromatic carbocycles. The fraction of sp³-hybridized carbons (Fsp3) is 0.217. The summed E-state index contributed by atoms with van der Waals surface area (Å²) in [6.07, 6.45) is 5.89.